The number of nitrogens with one attached hydrogen (secondary N) is 1. The largest absolute Gasteiger partial charge is 0.344 e. The summed E-state index contributed by atoms with van der Waals surface area (Å²) in [6.07, 6.45) is -0.371. The van der Waals surface area contributed by atoms with Crippen LogP contribution in [-0.4, -0.2) is 16.2 Å². The van der Waals surface area contributed by atoms with E-state index in [1.807, 2.05) is 6.07 Å². The SMILES string of the molecule is c1ccc(C2=NC(c3cc(-n4c5ccccc5c5ccccc54)c4ccccc4c3)NC(c3ccc4c5c(cccc35)-c3ccccc3-4)=N2)cc1. The minimum Gasteiger partial charge on any atom is -0.344 e. The van der Waals surface area contributed by atoms with Crippen molar-refractivity contribution < 1.29 is 0 Å². The third-order valence-corrected chi connectivity index (χ3v) is 10.6. The molecule has 9 aromatic rings. The van der Waals surface area contributed by atoms with Gasteiger partial charge in [-0.1, -0.05) is 146 Å². The van der Waals surface area contributed by atoms with Gasteiger partial charge in [0.2, 0.25) is 0 Å². The van der Waals surface area contributed by atoms with Crippen LogP contribution in [0.5, 0.6) is 0 Å². The first kappa shape index (κ1) is 28.1. The van der Waals surface area contributed by atoms with Crippen LogP contribution in [0, 0.1) is 0 Å². The van der Waals surface area contributed by atoms with Crippen LogP contribution in [0.4, 0.5) is 0 Å². The molecule has 0 amide bonds. The van der Waals surface area contributed by atoms with Gasteiger partial charge >= 0.3 is 0 Å². The first-order valence-electron chi connectivity index (χ1n) is 17.5. The number of rotatable bonds is 4. The van der Waals surface area contributed by atoms with Gasteiger partial charge in [-0.2, -0.15) is 0 Å². The molecule has 1 atom stereocenters. The molecule has 0 bridgehead atoms. The average molecular weight is 651 g/mol. The highest BCUT2D eigenvalue weighted by Crippen LogP contribution is 2.48. The Labute approximate surface area is 294 Å². The predicted molar refractivity (Wildman–Crippen MR) is 212 cm³/mol. The quantitative estimate of drug-likeness (QED) is 0.202. The summed E-state index contributed by atoms with van der Waals surface area (Å²) < 4.78 is 2.41. The van der Waals surface area contributed by atoms with Crippen molar-refractivity contribution in [3.63, 3.8) is 0 Å². The van der Waals surface area contributed by atoms with E-state index in [9.17, 15) is 0 Å². The van der Waals surface area contributed by atoms with Crippen molar-refractivity contribution in [3.05, 3.63) is 187 Å². The van der Waals surface area contributed by atoms with Crippen LogP contribution in [-0.2, 0) is 0 Å². The van der Waals surface area contributed by atoms with Crippen LogP contribution in [0.15, 0.2) is 180 Å². The van der Waals surface area contributed by atoms with Crippen LogP contribution in [0.2, 0.25) is 0 Å². The van der Waals surface area contributed by atoms with E-state index in [0.717, 1.165) is 33.6 Å². The number of aromatic nitrogens is 1. The Morgan fingerprint density at radius 3 is 1.82 bits per heavy atom. The summed E-state index contributed by atoms with van der Waals surface area (Å²) in [7, 11) is 0. The number of hydrogen-bond acceptors (Lipinski definition) is 3. The highest BCUT2D eigenvalue weighted by atomic mass is 15.2. The normalized spacial score (nSPS) is 14.9. The molecule has 4 nitrogen and oxygen atoms in total. The molecule has 2 heterocycles. The zero-order chi connectivity index (χ0) is 33.5. The maximum Gasteiger partial charge on any atom is 0.159 e. The van der Waals surface area contributed by atoms with Crippen molar-refractivity contribution in [3.8, 4) is 27.9 Å². The first-order chi connectivity index (χ1) is 25.3. The van der Waals surface area contributed by atoms with Gasteiger partial charge in [-0.05, 0) is 68.2 Å². The maximum atomic E-state index is 5.32. The maximum absolute atomic E-state index is 5.32. The molecule has 2 aliphatic rings. The van der Waals surface area contributed by atoms with E-state index < -0.39 is 0 Å². The van der Waals surface area contributed by atoms with Gasteiger partial charge in [-0.15, -0.1) is 0 Å². The Morgan fingerprint density at radius 2 is 1.06 bits per heavy atom. The van der Waals surface area contributed by atoms with Crippen LogP contribution >= 0.6 is 0 Å². The number of amidine groups is 2. The fraction of sp³-hybridized carbons (Fsp3) is 0.0213. The molecule has 8 aromatic carbocycles. The number of hydrogen-bond donors (Lipinski definition) is 1. The van der Waals surface area contributed by atoms with E-state index in [-0.39, 0.29) is 6.17 Å². The summed E-state index contributed by atoms with van der Waals surface area (Å²) in [4.78, 5) is 10.6. The third-order valence-electron chi connectivity index (χ3n) is 10.6. The fourth-order valence-corrected chi connectivity index (χ4v) is 8.33. The molecule has 51 heavy (non-hydrogen) atoms. The van der Waals surface area contributed by atoms with Gasteiger partial charge in [-0.25, -0.2) is 9.98 Å². The predicted octanol–water partition coefficient (Wildman–Crippen LogP) is 11.2. The molecule has 4 heteroatoms. The fourth-order valence-electron chi connectivity index (χ4n) is 8.33. The lowest BCUT2D eigenvalue weighted by Gasteiger charge is -2.25. The minimum atomic E-state index is -0.371. The Balaban J connectivity index is 1.13. The lowest BCUT2D eigenvalue weighted by Crippen LogP contribution is -2.33. The van der Waals surface area contributed by atoms with E-state index in [4.69, 9.17) is 9.98 Å². The van der Waals surface area contributed by atoms with Crippen LogP contribution in [0.3, 0.4) is 0 Å². The van der Waals surface area contributed by atoms with Crippen molar-refractivity contribution in [2.75, 3.05) is 0 Å². The molecule has 1 unspecified atom stereocenters. The second-order valence-corrected chi connectivity index (χ2v) is 13.4. The van der Waals surface area contributed by atoms with Crippen molar-refractivity contribution in [1.82, 2.24) is 9.88 Å². The summed E-state index contributed by atoms with van der Waals surface area (Å²) >= 11 is 0. The molecule has 0 radical (unpaired) electrons. The molecule has 1 aliphatic carbocycles. The van der Waals surface area contributed by atoms with Crippen LogP contribution < -0.4 is 5.32 Å². The van der Waals surface area contributed by atoms with E-state index in [1.165, 1.54) is 60.2 Å². The van der Waals surface area contributed by atoms with Gasteiger partial charge in [0.1, 0.15) is 12.0 Å². The third kappa shape index (κ3) is 4.20. The number of fused-ring (bicyclic) bond motifs is 7. The second kappa shape index (κ2) is 10.9. The van der Waals surface area contributed by atoms with E-state index in [2.05, 4.69) is 174 Å². The minimum absolute atomic E-state index is 0.371. The topological polar surface area (TPSA) is 41.7 Å². The van der Waals surface area contributed by atoms with Crippen molar-refractivity contribution in [1.29, 1.82) is 0 Å². The highest BCUT2D eigenvalue weighted by Gasteiger charge is 2.27. The Kier molecular flexibility index (Phi) is 5.98. The highest BCUT2D eigenvalue weighted by molar-refractivity contribution is 6.23. The number of nitrogens with zero attached hydrogens (tertiary/aromatic N) is 3. The lowest BCUT2D eigenvalue weighted by atomic mass is 9.97. The average Bonchev–Trinajstić information content (AvgIpc) is 3.71. The Morgan fingerprint density at radius 1 is 0.471 bits per heavy atom. The summed E-state index contributed by atoms with van der Waals surface area (Å²) in [5.74, 6) is 1.53. The molecule has 0 saturated heterocycles. The molecule has 1 aliphatic heterocycles. The molecule has 0 spiro atoms. The van der Waals surface area contributed by atoms with Gasteiger partial charge in [0.25, 0.3) is 0 Å². The lowest BCUT2D eigenvalue weighted by molar-refractivity contribution is 0.675. The van der Waals surface area contributed by atoms with Gasteiger partial charge in [0.05, 0.1) is 16.7 Å². The van der Waals surface area contributed by atoms with Gasteiger partial charge in [-0.3, -0.25) is 0 Å². The molecular formula is C47H30N4. The molecule has 1 aromatic heterocycles. The molecule has 0 fully saturated rings. The standard InChI is InChI=1S/C47H30N4/c1-2-13-29(14-3-1)45-48-46(50-47(49-45)40-26-25-39-34-18-7-6-17-33(34)37-21-12-22-38(40)44(37)39)31-27-30-15-4-5-16-32(30)43(28-31)51-41-23-10-8-19-35(41)36-20-9-11-24-42(36)51/h1-28,46H,(H,48,49,50). The smallest absolute Gasteiger partial charge is 0.159 e. The zero-order valence-corrected chi connectivity index (χ0v) is 27.6. The monoisotopic (exact) mass is 650 g/mol. The van der Waals surface area contributed by atoms with E-state index >= 15 is 0 Å². The first-order valence-corrected chi connectivity index (χ1v) is 17.5. The van der Waals surface area contributed by atoms with Crippen molar-refractivity contribution in [2.24, 2.45) is 9.98 Å². The van der Waals surface area contributed by atoms with Crippen molar-refractivity contribution in [2.45, 2.75) is 6.17 Å². The van der Waals surface area contributed by atoms with Gasteiger partial charge in [0, 0.05) is 27.3 Å². The number of benzene rings is 8. The molecule has 0 saturated carbocycles. The molecule has 238 valence electrons. The summed E-state index contributed by atoms with van der Waals surface area (Å²) in [5, 5.41) is 11.1. The molecular weight excluding hydrogens is 621 g/mol. The Bertz CT molecular complexity index is 2870. The van der Waals surface area contributed by atoms with E-state index in [0.29, 0.717) is 5.84 Å². The summed E-state index contributed by atoms with van der Waals surface area (Å²) in [6, 6.07) is 60.8. The summed E-state index contributed by atoms with van der Waals surface area (Å²) in [5.41, 5.74) is 11.7. The Hall–Kier alpha value is -6.78. The number of aliphatic imine (C=N–C) groups is 2. The second-order valence-electron chi connectivity index (χ2n) is 13.4. The van der Waals surface area contributed by atoms with Gasteiger partial charge < -0.3 is 9.88 Å². The van der Waals surface area contributed by atoms with Crippen LogP contribution in [0.1, 0.15) is 22.9 Å². The van der Waals surface area contributed by atoms with Crippen molar-refractivity contribution >= 4 is 55.0 Å². The van der Waals surface area contributed by atoms with Gasteiger partial charge in [0.15, 0.2) is 5.84 Å². The molecule has 1 N–H and O–H groups in total. The summed E-state index contributed by atoms with van der Waals surface area (Å²) in [6.45, 7) is 0. The van der Waals surface area contributed by atoms with E-state index in [1.54, 1.807) is 0 Å². The zero-order valence-electron chi connectivity index (χ0n) is 27.6. The van der Waals surface area contributed by atoms with Crippen LogP contribution in [0.25, 0.3) is 71.3 Å². The number of para-hydroxylation sites is 2. The molecule has 11 rings (SSSR count).